The van der Waals surface area contributed by atoms with Gasteiger partial charge in [-0.3, -0.25) is 0 Å². The Bertz CT molecular complexity index is 654. The Hall–Kier alpha value is -1.32. The number of fused-ring (bicyclic) bond motifs is 1. The molecule has 4 heteroatoms. The topological polar surface area (TPSA) is 28.7 Å². The molecule has 0 aliphatic carbocycles. The number of aromatic nitrogens is 2. The average molecular weight is 249 g/mol. The summed E-state index contributed by atoms with van der Waals surface area (Å²) in [5.41, 5.74) is 3.06. The Balaban J connectivity index is 2.27. The van der Waals surface area contributed by atoms with Gasteiger partial charge in [0.1, 0.15) is 11.3 Å². The second kappa shape index (κ2) is 3.61. The third kappa shape index (κ3) is 1.44. The first-order valence-electron chi connectivity index (χ1n) is 4.94. The van der Waals surface area contributed by atoms with Crippen LogP contribution >= 0.6 is 22.9 Å². The van der Waals surface area contributed by atoms with Crippen molar-refractivity contribution in [2.45, 2.75) is 6.92 Å². The first-order chi connectivity index (χ1) is 7.75. The molecular weight excluding hydrogens is 240 g/mol. The summed E-state index contributed by atoms with van der Waals surface area (Å²) in [6, 6.07) is 7.86. The highest BCUT2D eigenvalue weighted by Crippen LogP contribution is 2.30. The Kier molecular flexibility index (Phi) is 2.23. The number of rotatable bonds is 1. The zero-order valence-corrected chi connectivity index (χ0v) is 10.2. The molecule has 0 unspecified atom stereocenters. The molecule has 1 N–H and O–H groups in total. The minimum Gasteiger partial charge on any atom is -0.337 e. The molecule has 0 atom stereocenters. The van der Waals surface area contributed by atoms with Gasteiger partial charge in [-0.05, 0) is 36.1 Å². The van der Waals surface area contributed by atoms with Crippen LogP contribution in [0.25, 0.3) is 21.7 Å². The normalized spacial score (nSPS) is 11.1. The molecular formula is C12H9ClN2S. The highest BCUT2D eigenvalue weighted by Gasteiger charge is 2.10. The van der Waals surface area contributed by atoms with Crippen molar-refractivity contribution in [1.29, 1.82) is 0 Å². The number of halogens is 1. The summed E-state index contributed by atoms with van der Waals surface area (Å²) in [5.74, 6) is 0.899. The molecule has 0 aliphatic heterocycles. The molecule has 0 saturated carbocycles. The predicted molar refractivity (Wildman–Crippen MR) is 69.2 cm³/mol. The van der Waals surface area contributed by atoms with Crippen molar-refractivity contribution in [1.82, 2.24) is 9.97 Å². The fraction of sp³-hybridized carbons (Fsp3) is 0.0833. The SMILES string of the molecule is Cc1ccsc1-c1nc2c(Cl)cccc2[nH]1. The molecule has 0 amide bonds. The highest BCUT2D eigenvalue weighted by atomic mass is 35.5. The van der Waals surface area contributed by atoms with Crippen molar-refractivity contribution >= 4 is 34.0 Å². The molecule has 80 valence electrons. The number of H-pyrrole nitrogens is 1. The lowest BCUT2D eigenvalue weighted by Gasteiger charge is -1.91. The third-order valence-electron chi connectivity index (χ3n) is 2.54. The van der Waals surface area contributed by atoms with Crippen LogP contribution in [0.5, 0.6) is 0 Å². The molecule has 3 aromatic rings. The van der Waals surface area contributed by atoms with E-state index in [-0.39, 0.29) is 0 Å². The number of benzene rings is 1. The van der Waals surface area contributed by atoms with Gasteiger partial charge in [-0.15, -0.1) is 11.3 Å². The van der Waals surface area contributed by atoms with Crippen molar-refractivity contribution < 1.29 is 0 Å². The van der Waals surface area contributed by atoms with Gasteiger partial charge in [-0.1, -0.05) is 17.7 Å². The van der Waals surface area contributed by atoms with Crippen LogP contribution < -0.4 is 0 Å². The maximum absolute atomic E-state index is 6.09. The largest absolute Gasteiger partial charge is 0.337 e. The number of nitrogens with zero attached hydrogens (tertiary/aromatic N) is 1. The van der Waals surface area contributed by atoms with Crippen LogP contribution in [0, 0.1) is 6.92 Å². The molecule has 1 aromatic carbocycles. The van der Waals surface area contributed by atoms with Gasteiger partial charge in [0.05, 0.1) is 15.4 Å². The molecule has 2 nitrogen and oxygen atoms in total. The lowest BCUT2D eigenvalue weighted by Crippen LogP contribution is -1.77. The number of nitrogens with one attached hydrogen (secondary N) is 1. The fourth-order valence-electron chi connectivity index (χ4n) is 1.72. The smallest absolute Gasteiger partial charge is 0.148 e. The Morgan fingerprint density at radius 1 is 1.31 bits per heavy atom. The third-order valence-corrected chi connectivity index (χ3v) is 3.87. The van der Waals surface area contributed by atoms with Gasteiger partial charge in [-0.25, -0.2) is 4.98 Å². The zero-order chi connectivity index (χ0) is 11.1. The minimum atomic E-state index is 0.689. The van der Waals surface area contributed by atoms with Crippen molar-refractivity contribution in [3.05, 3.63) is 40.2 Å². The van der Waals surface area contributed by atoms with E-state index < -0.39 is 0 Å². The van der Waals surface area contributed by atoms with Crippen molar-refractivity contribution in [3.63, 3.8) is 0 Å². The molecule has 2 heterocycles. The number of aryl methyl sites for hydroxylation is 1. The van der Waals surface area contributed by atoms with Crippen molar-refractivity contribution in [2.24, 2.45) is 0 Å². The minimum absolute atomic E-state index is 0.689. The zero-order valence-electron chi connectivity index (χ0n) is 8.62. The molecule has 0 aliphatic rings. The van der Waals surface area contributed by atoms with E-state index in [1.54, 1.807) is 11.3 Å². The Labute approximate surface area is 102 Å². The van der Waals surface area contributed by atoms with E-state index in [1.807, 2.05) is 18.2 Å². The lowest BCUT2D eigenvalue weighted by molar-refractivity contribution is 1.34. The predicted octanol–water partition coefficient (Wildman–Crippen LogP) is 4.25. The number of imidazole rings is 1. The van der Waals surface area contributed by atoms with Crippen molar-refractivity contribution in [2.75, 3.05) is 0 Å². The first-order valence-corrected chi connectivity index (χ1v) is 6.20. The monoisotopic (exact) mass is 248 g/mol. The second-order valence-electron chi connectivity index (χ2n) is 3.65. The van der Waals surface area contributed by atoms with Crippen LogP contribution in [-0.4, -0.2) is 9.97 Å². The van der Waals surface area contributed by atoms with Gasteiger partial charge in [0, 0.05) is 0 Å². The van der Waals surface area contributed by atoms with E-state index in [4.69, 9.17) is 11.6 Å². The summed E-state index contributed by atoms with van der Waals surface area (Å²) >= 11 is 7.78. The second-order valence-corrected chi connectivity index (χ2v) is 4.98. The van der Waals surface area contributed by atoms with E-state index >= 15 is 0 Å². The van der Waals surface area contributed by atoms with Gasteiger partial charge in [0.2, 0.25) is 0 Å². The molecule has 2 aromatic heterocycles. The summed E-state index contributed by atoms with van der Waals surface area (Å²) in [7, 11) is 0. The number of hydrogen-bond donors (Lipinski definition) is 1. The molecule has 0 spiro atoms. The first kappa shape index (κ1) is 9.87. The van der Waals surface area contributed by atoms with E-state index in [1.165, 1.54) is 10.4 Å². The summed E-state index contributed by atoms with van der Waals surface area (Å²) in [4.78, 5) is 9.01. The van der Waals surface area contributed by atoms with Gasteiger partial charge >= 0.3 is 0 Å². The lowest BCUT2D eigenvalue weighted by atomic mass is 10.3. The van der Waals surface area contributed by atoms with Crippen LogP contribution in [0.4, 0.5) is 0 Å². The van der Waals surface area contributed by atoms with Gasteiger partial charge in [0.15, 0.2) is 0 Å². The number of thiophene rings is 1. The molecule has 16 heavy (non-hydrogen) atoms. The van der Waals surface area contributed by atoms with Crippen LogP contribution in [0.1, 0.15) is 5.56 Å². The fourth-order valence-corrected chi connectivity index (χ4v) is 2.81. The maximum atomic E-state index is 6.09. The number of aromatic amines is 1. The van der Waals surface area contributed by atoms with Gasteiger partial charge in [-0.2, -0.15) is 0 Å². The standard InChI is InChI=1S/C12H9ClN2S/c1-7-5-6-16-11(7)12-14-9-4-2-3-8(13)10(9)15-12/h2-6H,1H3,(H,14,15). The van der Waals surface area contributed by atoms with Gasteiger partial charge < -0.3 is 4.98 Å². The summed E-state index contributed by atoms with van der Waals surface area (Å²) in [6.45, 7) is 2.08. The van der Waals surface area contributed by atoms with E-state index in [2.05, 4.69) is 28.3 Å². The van der Waals surface area contributed by atoms with Crippen LogP contribution in [-0.2, 0) is 0 Å². The van der Waals surface area contributed by atoms with Crippen molar-refractivity contribution in [3.8, 4) is 10.7 Å². The molecule has 3 rings (SSSR count). The van der Waals surface area contributed by atoms with Crippen LogP contribution in [0.15, 0.2) is 29.6 Å². The van der Waals surface area contributed by atoms with Crippen LogP contribution in [0.3, 0.4) is 0 Å². The van der Waals surface area contributed by atoms with Crippen LogP contribution in [0.2, 0.25) is 5.02 Å². The summed E-state index contributed by atoms with van der Waals surface area (Å²) < 4.78 is 0. The molecule has 0 bridgehead atoms. The van der Waals surface area contributed by atoms with Gasteiger partial charge in [0.25, 0.3) is 0 Å². The Morgan fingerprint density at radius 2 is 2.19 bits per heavy atom. The maximum Gasteiger partial charge on any atom is 0.148 e. The van der Waals surface area contributed by atoms with E-state index in [0.717, 1.165) is 16.9 Å². The van der Waals surface area contributed by atoms with E-state index in [9.17, 15) is 0 Å². The molecule has 0 fully saturated rings. The average Bonchev–Trinajstić information content (AvgIpc) is 2.84. The highest BCUT2D eigenvalue weighted by molar-refractivity contribution is 7.13. The van der Waals surface area contributed by atoms with E-state index in [0.29, 0.717) is 5.02 Å². The Morgan fingerprint density at radius 3 is 2.88 bits per heavy atom. The molecule has 0 saturated heterocycles. The molecule has 0 radical (unpaired) electrons. The summed E-state index contributed by atoms with van der Waals surface area (Å²) in [5, 5.41) is 2.76. The number of hydrogen-bond acceptors (Lipinski definition) is 2. The summed E-state index contributed by atoms with van der Waals surface area (Å²) in [6.07, 6.45) is 0. The quantitative estimate of drug-likeness (QED) is 0.685. The number of para-hydroxylation sites is 1.